The lowest BCUT2D eigenvalue weighted by Crippen LogP contribution is -2.23. The molecule has 0 fully saturated rings. The highest BCUT2D eigenvalue weighted by atomic mass is 16.2. The summed E-state index contributed by atoms with van der Waals surface area (Å²) in [5, 5.41) is 0. The summed E-state index contributed by atoms with van der Waals surface area (Å²) in [4.78, 5) is 13.8. The van der Waals surface area contributed by atoms with Gasteiger partial charge in [-0.15, -0.1) is 0 Å². The van der Waals surface area contributed by atoms with Gasteiger partial charge in [-0.1, -0.05) is 56.3 Å². The first-order valence-electron chi connectivity index (χ1n) is 7.18. The number of benzene rings is 2. The van der Waals surface area contributed by atoms with E-state index in [4.69, 9.17) is 0 Å². The molecule has 0 unspecified atom stereocenters. The number of anilines is 1. The van der Waals surface area contributed by atoms with Crippen LogP contribution in [0.25, 0.3) is 6.08 Å². The molecule has 2 rings (SSSR count). The molecule has 2 aromatic rings. The number of amides is 1. The van der Waals surface area contributed by atoms with Crippen LogP contribution in [-0.2, 0) is 4.79 Å². The molecule has 0 N–H and O–H groups in total. The van der Waals surface area contributed by atoms with Gasteiger partial charge in [0.1, 0.15) is 0 Å². The molecule has 2 aromatic carbocycles. The van der Waals surface area contributed by atoms with Crippen molar-refractivity contribution < 1.29 is 4.79 Å². The fourth-order valence-corrected chi connectivity index (χ4v) is 2.05. The lowest BCUT2D eigenvalue weighted by molar-refractivity contribution is -0.113. The zero-order valence-corrected chi connectivity index (χ0v) is 12.8. The van der Waals surface area contributed by atoms with Crippen LogP contribution in [0.15, 0.2) is 60.7 Å². The molecule has 1 amide bonds. The van der Waals surface area contributed by atoms with Crippen molar-refractivity contribution >= 4 is 17.7 Å². The second-order valence-corrected chi connectivity index (χ2v) is 5.39. The molecule has 0 spiro atoms. The summed E-state index contributed by atoms with van der Waals surface area (Å²) in [6.45, 7) is 4.34. The summed E-state index contributed by atoms with van der Waals surface area (Å²) >= 11 is 0. The summed E-state index contributed by atoms with van der Waals surface area (Å²) < 4.78 is 0. The number of para-hydroxylation sites is 1. The number of carbonyl (C=O) groups is 1. The van der Waals surface area contributed by atoms with E-state index < -0.39 is 0 Å². The van der Waals surface area contributed by atoms with Gasteiger partial charge in [-0.2, -0.15) is 0 Å². The molecule has 0 radical (unpaired) electrons. The SMILES string of the molecule is CC(C)c1ccc(/C=C/C(=O)N(C)c2ccccc2)cc1. The molecule has 0 bridgehead atoms. The molecule has 0 aliphatic carbocycles. The number of hydrogen-bond acceptors (Lipinski definition) is 1. The monoisotopic (exact) mass is 279 g/mol. The zero-order valence-electron chi connectivity index (χ0n) is 12.8. The molecule has 0 aliphatic rings. The quantitative estimate of drug-likeness (QED) is 0.755. The van der Waals surface area contributed by atoms with Gasteiger partial charge < -0.3 is 4.90 Å². The van der Waals surface area contributed by atoms with Crippen LogP contribution in [-0.4, -0.2) is 13.0 Å². The Hall–Kier alpha value is -2.35. The number of carbonyl (C=O) groups excluding carboxylic acids is 1. The maximum absolute atomic E-state index is 12.1. The molecule has 108 valence electrons. The van der Waals surface area contributed by atoms with Gasteiger partial charge in [0, 0.05) is 18.8 Å². The van der Waals surface area contributed by atoms with Crippen LogP contribution in [0.1, 0.15) is 30.9 Å². The van der Waals surface area contributed by atoms with Crippen molar-refractivity contribution in [3.63, 3.8) is 0 Å². The number of nitrogens with zero attached hydrogens (tertiary/aromatic N) is 1. The Labute approximate surface area is 126 Å². The number of likely N-dealkylation sites (N-methyl/N-ethyl adjacent to an activating group) is 1. The first-order valence-corrected chi connectivity index (χ1v) is 7.18. The van der Waals surface area contributed by atoms with Gasteiger partial charge in [0.05, 0.1) is 0 Å². The van der Waals surface area contributed by atoms with E-state index in [0.717, 1.165) is 11.3 Å². The van der Waals surface area contributed by atoms with Crippen LogP contribution < -0.4 is 4.90 Å². The van der Waals surface area contributed by atoms with Gasteiger partial charge in [-0.25, -0.2) is 0 Å². The number of rotatable bonds is 4. The predicted octanol–water partition coefficient (Wildman–Crippen LogP) is 4.49. The lowest BCUT2D eigenvalue weighted by Gasteiger charge is -2.14. The highest BCUT2D eigenvalue weighted by Crippen LogP contribution is 2.16. The Bertz CT molecular complexity index is 612. The minimum absolute atomic E-state index is 0.0332. The van der Waals surface area contributed by atoms with Gasteiger partial charge in [-0.3, -0.25) is 4.79 Å². The Balaban J connectivity index is 2.05. The minimum atomic E-state index is -0.0332. The molecule has 0 atom stereocenters. The maximum Gasteiger partial charge on any atom is 0.250 e. The van der Waals surface area contributed by atoms with E-state index >= 15 is 0 Å². The van der Waals surface area contributed by atoms with E-state index in [9.17, 15) is 4.79 Å². The average Bonchev–Trinajstić information content (AvgIpc) is 2.53. The van der Waals surface area contributed by atoms with Crippen molar-refractivity contribution in [1.29, 1.82) is 0 Å². The molecule has 21 heavy (non-hydrogen) atoms. The molecule has 2 heteroatoms. The van der Waals surface area contributed by atoms with Crippen molar-refractivity contribution in [2.75, 3.05) is 11.9 Å². The molecule has 0 saturated carbocycles. The summed E-state index contributed by atoms with van der Waals surface area (Å²) in [5.41, 5.74) is 3.23. The zero-order chi connectivity index (χ0) is 15.2. The Morgan fingerprint density at radius 2 is 1.62 bits per heavy atom. The largest absolute Gasteiger partial charge is 0.312 e. The molecular weight excluding hydrogens is 258 g/mol. The lowest BCUT2D eigenvalue weighted by atomic mass is 10.0. The molecule has 0 aliphatic heterocycles. The third-order valence-electron chi connectivity index (χ3n) is 3.50. The van der Waals surface area contributed by atoms with Crippen molar-refractivity contribution in [3.05, 3.63) is 71.8 Å². The first-order chi connectivity index (χ1) is 10.1. The fourth-order valence-electron chi connectivity index (χ4n) is 2.05. The Morgan fingerprint density at radius 3 is 2.19 bits per heavy atom. The van der Waals surface area contributed by atoms with Crippen LogP contribution >= 0.6 is 0 Å². The van der Waals surface area contributed by atoms with Crippen LogP contribution in [0, 0.1) is 0 Å². The van der Waals surface area contributed by atoms with Gasteiger partial charge in [0.15, 0.2) is 0 Å². The van der Waals surface area contributed by atoms with E-state index in [2.05, 4.69) is 26.0 Å². The van der Waals surface area contributed by atoms with Crippen LogP contribution in [0.2, 0.25) is 0 Å². The predicted molar refractivity (Wildman–Crippen MR) is 89.4 cm³/mol. The van der Waals surface area contributed by atoms with Crippen LogP contribution in [0.4, 0.5) is 5.69 Å². The van der Waals surface area contributed by atoms with Gasteiger partial charge >= 0.3 is 0 Å². The second-order valence-electron chi connectivity index (χ2n) is 5.39. The highest BCUT2D eigenvalue weighted by molar-refractivity contribution is 6.03. The van der Waals surface area contributed by atoms with E-state index in [0.29, 0.717) is 5.92 Å². The minimum Gasteiger partial charge on any atom is -0.312 e. The van der Waals surface area contributed by atoms with Gasteiger partial charge in [0.2, 0.25) is 0 Å². The summed E-state index contributed by atoms with van der Waals surface area (Å²) in [5.74, 6) is 0.489. The average molecular weight is 279 g/mol. The summed E-state index contributed by atoms with van der Waals surface area (Å²) in [6, 6.07) is 17.9. The number of hydrogen-bond donors (Lipinski definition) is 0. The van der Waals surface area contributed by atoms with E-state index in [1.54, 1.807) is 18.0 Å². The molecule has 0 aromatic heterocycles. The molecular formula is C19H21NO. The molecule has 0 saturated heterocycles. The standard InChI is InChI=1S/C19H21NO/c1-15(2)17-12-9-16(10-13-17)11-14-19(21)20(3)18-7-5-4-6-8-18/h4-15H,1-3H3/b14-11+. The van der Waals surface area contributed by atoms with Crippen molar-refractivity contribution in [2.24, 2.45) is 0 Å². The summed E-state index contributed by atoms with van der Waals surface area (Å²) in [6.07, 6.45) is 3.46. The van der Waals surface area contributed by atoms with E-state index in [1.807, 2.05) is 48.5 Å². The normalized spacial score (nSPS) is 11.0. The third-order valence-corrected chi connectivity index (χ3v) is 3.50. The maximum atomic E-state index is 12.1. The first kappa shape index (κ1) is 15.0. The van der Waals surface area contributed by atoms with Gasteiger partial charge in [-0.05, 0) is 35.3 Å². The highest BCUT2D eigenvalue weighted by Gasteiger charge is 2.06. The Morgan fingerprint density at radius 1 is 1.00 bits per heavy atom. The van der Waals surface area contributed by atoms with Crippen molar-refractivity contribution in [1.82, 2.24) is 0 Å². The van der Waals surface area contributed by atoms with E-state index in [-0.39, 0.29) is 5.91 Å². The topological polar surface area (TPSA) is 20.3 Å². The molecule has 2 nitrogen and oxygen atoms in total. The van der Waals surface area contributed by atoms with Crippen LogP contribution in [0.5, 0.6) is 0 Å². The Kier molecular flexibility index (Phi) is 4.94. The molecule has 0 heterocycles. The smallest absolute Gasteiger partial charge is 0.250 e. The third kappa shape index (κ3) is 4.06. The van der Waals surface area contributed by atoms with Crippen molar-refractivity contribution in [2.45, 2.75) is 19.8 Å². The van der Waals surface area contributed by atoms with Crippen LogP contribution in [0.3, 0.4) is 0 Å². The van der Waals surface area contributed by atoms with Gasteiger partial charge in [0.25, 0.3) is 5.91 Å². The van der Waals surface area contributed by atoms with Crippen molar-refractivity contribution in [3.8, 4) is 0 Å². The summed E-state index contributed by atoms with van der Waals surface area (Å²) in [7, 11) is 1.78. The van der Waals surface area contributed by atoms with E-state index in [1.165, 1.54) is 5.56 Å². The second kappa shape index (κ2) is 6.89. The fraction of sp³-hybridized carbons (Fsp3) is 0.211.